The predicted molar refractivity (Wildman–Crippen MR) is 67.8 cm³/mol. The minimum atomic E-state index is -0.103. The largest absolute Gasteiger partial charge is 0.326 e. The lowest BCUT2D eigenvalue weighted by Crippen LogP contribution is -2.22. The second-order valence-electron chi connectivity index (χ2n) is 5.21. The summed E-state index contributed by atoms with van der Waals surface area (Å²) in [7, 11) is 0. The number of rotatable bonds is 4. The highest BCUT2D eigenvalue weighted by atomic mass is 16.1. The van der Waals surface area contributed by atoms with Gasteiger partial charge in [0.25, 0.3) is 0 Å². The molecule has 1 saturated carbocycles. The Morgan fingerprint density at radius 2 is 2.28 bits per heavy atom. The van der Waals surface area contributed by atoms with Gasteiger partial charge in [-0.3, -0.25) is 4.79 Å². The quantitative estimate of drug-likeness (QED) is 0.841. The number of fused-ring (bicyclic) bond motifs is 1. The third-order valence-electron chi connectivity index (χ3n) is 3.68. The zero-order valence-corrected chi connectivity index (χ0v) is 10.1. The number of nitriles is 1. The van der Waals surface area contributed by atoms with Gasteiger partial charge in [0.15, 0.2) is 0 Å². The van der Waals surface area contributed by atoms with Crippen LogP contribution >= 0.6 is 0 Å². The van der Waals surface area contributed by atoms with Crippen molar-refractivity contribution in [3.63, 3.8) is 0 Å². The first kappa shape index (κ1) is 11.2. The van der Waals surface area contributed by atoms with Crippen molar-refractivity contribution in [3.8, 4) is 6.07 Å². The fraction of sp³-hybridized carbons (Fsp3) is 0.429. The maximum atomic E-state index is 11.2. The molecule has 1 amide bonds. The fourth-order valence-electron chi connectivity index (χ4n) is 2.32. The molecule has 4 nitrogen and oxygen atoms in total. The highest BCUT2D eigenvalue weighted by molar-refractivity contribution is 5.99. The Morgan fingerprint density at radius 1 is 1.44 bits per heavy atom. The van der Waals surface area contributed by atoms with E-state index in [9.17, 15) is 4.79 Å². The molecule has 1 fully saturated rings. The molecule has 1 heterocycles. The predicted octanol–water partition coefficient (Wildman–Crippen LogP) is 1.57. The molecular weight excluding hydrogens is 226 g/mol. The second kappa shape index (κ2) is 4.11. The Balaban J connectivity index is 1.59. The van der Waals surface area contributed by atoms with Crippen LogP contribution in [0.1, 0.15) is 24.0 Å². The topological polar surface area (TPSA) is 64.9 Å². The number of hydrogen-bond donors (Lipinski definition) is 2. The summed E-state index contributed by atoms with van der Waals surface area (Å²) in [4.78, 5) is 11.2. The molecular formula is C14H15N3O. The third kappa shape index (κ3) is 2.09. The molecule has 1 aliphatic heterocycles. The summed E-state index contributed by atoms with van der Waals surface area (Å²) in [6.07, 6.45) is 2.50. The summed E-state index contributed by atoms with van der Waals surface area (Å²) in [5.74, 6) is 0.0662. The lowest BCUT2D eigenvalue weighted by atomic mass is 10.1. The zero-order valence-electron chi connectivity index (χ0n) is 10.1. The molecule has 0 aromatic heterocycles. The van der Waals surface area contributed by atoms with Crippen LogP contribution in [-0.4, -0.2) is 12.5 Å². The van der Waals surface area contributed by atoms with E-state index >= 15 is 0 Å². The highest BCUT2D eigenvalue weighted by Gasteiger charge is 2.42. The molecule has 0 atom stereocenters. The Bertz CT molecular complexity index is 540. The first-order valence-corrected chi connectivity index (χ1v) is 6.24. The molecule has 1 aliphatic carbocycles. The number of nitrogens with one attached hydrogen (secondary N) is 2. The Labute approximate surface area is 106 Å². The van der Waals surface area contributed by atoms with Gasteiger partial charge < -0.3 is 10.6 Å². The van der Waals surface area contributed by atoms with Gasteiger partial charge in [-0.1, -0.05) is 12.1 Å². The normalized spacial score (nSPS) is 18.9. The van der Waals surface area contributed by atoms with Crippen LogP contribution in [0.4, 0.5) is 5.69 Å². The lowest BCUT2D eigenvalue weighted by molar-refractivity contribution is -0.115. The zero-order chi connectivity index (χ0) is 12.6. The number of nitrogens with zero attached hydrogens (tertiary/aromatic N) is 1. The van der Waals surface area contributed by atoms with Crippen LogP contribution in [0, 0.1) is 16.7 Å². The van der Waals surface area contributed by atoms with Gasteiger partial charge >= 0.3 is 0 Å². The van der Waals surface area contributed by atoms with Crippen LogP contribution in [0.2, 0.25) is 0 Å². The van der Waals surface area contributed by atoms with Crippen molar-refractivity contribution in [1.29, 1.82) is 5.26 Å². The van der Waals surface area contributed by atoms with E-state index in [2.05, 4.69) is 22.8 Å². The van der Waals surface area contributed by atoms with Crippen molar-refractivity contribution in [2.45, 2.75) is 25.8 Å². The number of amides is 1. The molecule has 2 N–H and O–H groups in total. The van der Waals surface area contributed by atoms with Crippen molar-refractivity contribution < 1.29 is 4.79 Å². The standard InChI is InChI=1S/C14H15N3O/c15-8-14(3-4-14)9-16-7-10-1-2-12-11(5-10)6-13(18)17-12/h1-2,5,16H,3-4,6-7,9H2,(H,17,18). The van der Waals surface area contributed by atoms with E-state index in [0.717, 1.165) is 37.2 Å². The fourth-order valence-corrected chi connectivity index (χ4v) is 2.32. The first-order chi connectivity index (χ1) is 8.71. The summed E-state index contributed by atoms with van der Waals surface area (Å²) < 4.78 is 0. The number of carbonyl (C=O) groups excluding carboxylic acids is 1. The minimum absolute atomic E-state index is 0.0662. The molecule has 0 unspecified atom stereocenters. The SMILES string of the molecule is N#CC1(CNCc2ccc3c(c2)CC(=O)N3)CC1. The Hall–Kier alpha value is -1.86. The van der Waals surface area contributed by atoms with Crippen LogP contribution in [-0.2, 0) is 17.8 Å². The van der Waals surface area contributed by atoms with Gasteiger partial charge in [-0.05, 0) is 30.0 Å². The van der Waals surface area contributed by atoms with E-state index in [4.69, 9.17) is 5.26 Å². The van der Waals surface area contributed by atoms with Crippen LogP contribution in [0.5, 0.6) is 0 Å². The van der Waals surface area contributed by atoms with Crippen molar-refractivity contribution in [2.24, 2.45) is 5.41 Å². The maximum absolute atomic E-state index is 11.2. The van der Waals surface area contributed by atoms with Crippen LogP contribution in [0.15, 0.2) is 18.2 Å². The van der Waals surface area contributed by atoms with Gasteiger partial charge in [-0.2, -0.15) is 5.26 Å². The molecule has 0 spiro atoms. The Morgan fingerprint density at radius 3 is 3.00 bits per heavy atom. The van der Waals surface area contributed by atoms with Gasteiger partial charge in [0.05, 0.1) is 17.9 Å². The molecule has 4 heteroatoms. The van der Waals surface area contributed by atoms with Crippen LogP contribution < -0.4 is 10.6 Å². The van der Waals surface area contributed by atoms with Crippen molar-refractivity contribution in [2.75, 3.05) is 11.9 Å². The molecule has 2 aliphatic rings. The van der Waals surface area contributed by atoms with E-state index in [1.54, 1.807) is 0 Å². The molecule has 0 saturated heterocycles. The third-order valence-corrected chi connectivity index (χ3v) is 3.68. The smallest absolute Gasteiger partial charge is 0.228 e. The summed E-state index contributed by atoms with van der Waals surface area (Å²) in [5.41, 5.74) is 3.06. The summed E-state index contributed by atoms with van der Waals surface area (Å²) >= 11 is 0. The average molecular weight is 241 g/mol. The second-order valence-corrected chi connectivity index (χ2v) is 5.21. The van der Waals surface area contributed by atoms with Gasteiger partial charge in [0.2, 0.25) is 5.91 Å². The molecule has 18 heavy (non-hydrogen) atoms. The molecule has 0 radical (unpaired) electrons. The van der Waals surface area contributed by atoms with E-state index in [1.165, 1.54) is 5.56 Å². The molecule has 0 bridgehead atoms. The number of benzene rings is 1. The monoisotopic (exact) mass is 241 g/mol. The van der Waals surface area contributed by atoms with Crippen molar-refractivity contribution in [3.05, 3.63) is 29.3 Å². The minimum Gasteiger partial charge on any atom is -0.326 e. The van der Waals surface area contributed by atoms with Crippen LogP contribution in [0.3, 0.4) is 0 Å². The summed E-state index contributed by atoms with van der Waals surface area (Å²) in [6.45, 7) is 1.52. The average Bonchev–Trinajstić information content (AvgIpc) is 3.04. The van der Waals surface area contributed by atoms with E-state index in [1.807, 2.05) is 12.1 Å². The molecule has 1 aromatic rings. The van der Waals surface area contributed by atoms with Crippen molar-refractivity contribution in [1.82, 2.24) is 5.32 Å². The first-order valence-electron chi connectivity index (χ1n) is 6.24. The molecule has 1 aromatic carbocycles. The van der Waals surface area contributed by atoms with E-state index in [0.29, 0.717) is 6.42 Å². The number of anilines is 1. The number of carbonyl (C=O) groups is 1. The Kier molecular flexibility index (Phi) is 2.57. The number of hydrogen-bond acceptors (Lipinski definition) is 3. The van der Waals surface area contributed by atoms with Crippen LogP contribution in [0.25, 0.3) is 0 Å². The van der Waals surface area contributed by atoms with Crippen molar-refractivity contribution >= 4 is 11.6 Å². The summed E-state index contributed by atoms with van der Waals surface area (Å²) in [5, 5.41) is 15.1. The van der Waals surface area contributed by atoms with Gasteiger partial charge in [-0.25, -0.2) is 0 Å². The van der Waals surface area contributed by atoms with Gasteiger partial charge in [-0.15, -0.1) is 0 Å². The van der Waals surface area contributed by atoms with E-state index in [-0.39, 0.29) is 11.3 Å². The summed E-state index contributed by atoms with van der Waals surface area (Å²) in [6, 6.07) is 8.40. The maximum Gasteiger partial charge on any atom is 0.228 e. The van der Waals surface area contributed by atoms with Gasteiger partial charge in [0.1, 0.15) is 0 Å². The van der Waals surface area contributed by atoms with Gasteiger partial charge in [0, 0.05) is 18.8 Å². The molecule has 92 valence electrons. The molecule has 3 rings (SSSR count). The highest BCUT2D eigenvalue weighted by Crippen LogP contribution is 2.44. The lowest BCUT2D eigenvalue weighted by Gasteiger charge is -2.09. The van der Waals surface area contributed by atoms with E-state index < -0.39 is 0 Å².